The molecule has 8 nitrogen and oxygen atoms in total. The fourth-order valence-electron chi connectivity index (χ4n) is 2.92. The van der Waals surface area contributed by atoms with Gasteiger partial charge in [0.1, 0.15) is 12.2 Å². The van der Waals surface area contributed by atoms with Crippen molar-refractivity contribution < 1.29 is 14.9 Å². The second kappa shape index (κ2) is 8.67. The minimum Gasteiger partial charge on any atom is -0.388 e. The molecule has 1 aliphatic heterocycles. The van der Waals surface area contributed by atoms with Gasteiger partial charge in [0.2, 0.25) is 0 Å². The maximum absolute atomic E-state index is 12.2. The van der Waals surface area contributed by atoms with Gasteiger partial charge in [0.15, 0.2) is 6.23 Å². The number of rotatable bonds is 8. The van der Waals surface area contributed by atoms with Crippen LogP contribution in [0.25, 0.3) is 0 Å². The molecule has 4 N–H and O–H groups in total. The molecule has 2 heterocycles. The molecule has 148 valence electrons. The molecule has 0 aromatic carbocycles. The number of ether oxygens (including phenoxy) is 1. The van der Waals surface area contributed by atoms with Crippen LogP contribution in [-0.2, 0) is 11.3 Å². The molecular weight excluding hydrogens is 357 g/mol. The van der Waals surface area contributed by atoms with Crippen molar-refractivity contribution in [2.75, 3.05) is 26.0 Å². The highest BCUT2D eigenvalue weighted by molar-refractivity contribution is 7.72. The first-order valence-corrected chi connectivity index (χ1v) is 11.9. The summed E-state index contributed by atoms with van der Waals surface area (Å²) < 4.78 is 6.93. The van der Waals surface area contributed by atoms with Crippen LogP contribution in [-0.4, -0.2) is 70.4 Å². The van der Waals surface area contributed by atoms with Crippen LogP contribution in [0.4, 0.5) is 0 Å². The molecule has 0 bridgehead atoms. The number of hydrogen-bond acceptors (Lipinski definition) is 6. The quantitative estimate of drug-likeness (QED) is 0.361. The first-order valence-electron chi connectivity index (χ1n) is 8.88. The van der Waals surface area contributed by atoms with Crippen LogP contribution in [0.5, 0.6) is 0 Å². The number of hydrogen-bond donors (Lipinski definition) is 4. The number of nitrogens with zero attached hydrogens (tertiary/aromatic N) is 1. The summed E-state index contributed by atoms with van der Waals surface area (Å²) in [6.07, 6.45) is 3.87. The molecule has 1 saturated heterocycles. The van der Waals surface area contributed by atoms with Crippen LogP contribution in [0, 0.1) is 0 Å². The minimum absolute atomic E-state index is 0.304. The van der Waals surface area contributed by atoms with Crippen molar-refractivity contribution >= 4 is 13.2 Å². The lowest BCUT2D eigenvalue weighted by molar-refractivity contribution is -0.0404. The molecule has 26 heavy (non-hydrogen) atoms. The summed E-state index contributed by atoms with van der Waals surface area (Å²) in [5.74, 6) is 0. The normalized spacial score (nSPS) is 26.3. The first kappa shape index (κ1) is 21.1. The Labute approximate surface area is 153 Å². The van der Waals surface area contributed by atoms with Gasteiger partial charge in [0, 0.05) is 18.3 Å². The Morgan fingerprint density at radius 3 is 2.65 bits per heavy atom. The molecule has 0 amide bonds. The first-order chi connectivity index (χ1) is 12.1. The Morgan fingerprint density at radius 2 is 2.04 bits per heavy atom. The summed E-state index contributed by atoms with van der Waals surface area (Å²) in [4.78, 5) is 26.4. The third kappa shape index (κ3) is 5.18. The number of aromatic nitrogens is 2. The van der Waals surface area contributed by atoms with Gasteiger partial charge in [-0.2, -0.15) is 0 Å². The number of aliphatic hydroxyl groups is 2. The smallest absolute Gasteiger partial charge is 0.330 e. The standard InChI is InChI=1S/C17H30N3O5P/c1-5-7-18-9-11-10-20(17(24)19-15(11)23)16-14(22)13(21)12(25-16)6-8-26(2,3)4/h10,12-14,16,18,21-22H,2,5-9H2,1,3-4H3,(H,19,23,24)/t12?,13-,14-,16-/m1/s1. The van der Waals surface area contributed by atoms with E-state index in [-0.39, 0.29) is 0 Å². The lowest BCUT2D eigenvalue weighted by Crippen LogP contribution is -2.39. The third-order valence-electron chi connectivity index (χ3n) is 4.41. The molecule has 1 aromatic heterocycles. The fourth-order valence-corrected chi connectivity index (χ4v) is 3.87. The summed E-state index contributed by atoms with van der Waals surface area (Å²) in [5, 5.41) is 23.8. The van der Waals surface area contributed by atoms with Gasteiger partial charge < -0.3 is 20.3 Å². The van der Waals surface area contributed by atoms with Gasteiger partial charge in [0.25, 0.3) is 5.56 Å². The Hall–Kier alpha value is -1.18. The van der Waals surface area contributed by atoms with Crippen molar-refractivity contribution in [3.63, 3.8) is 0 Å². The molecule has 1 unspecified atom stereocenters. The van der Waals surface area contributed by atoms with E-state index in [0.29, 0.717) is 18.5 Å². The average Bonchev–Trinajstić information content (AvgIpc) is 2.83. The van der Waals surface area contributed by atoms with Crippen molar-refractivity contribution in [2.24, 2.45) is 0 Å². The van der Waals surface area contributed by atoms with Crippen LogP contribution in [0.2, 0.25) is 0 Å². The fraction of sp³-hybridized carbons (Fsp3) is 0.706. The van der Waals surface area contributed by atoms with E-state index in [4.69, 9.17) is 4.74 Å². The number of H-pyrrole nitrogens is 1. The lowest BCUT2D eigenvalue weighted by atomic mass is 10.1. The summed E-state index contributed by atoms with van der Waals surface area (Å²) in [6.45, 7) is 5.94. The van der Waals surface area contributed by atoms with E-state index in [1.54, 1.807) is 0 Å². The van der Waals surface area contributed by atoms with E-state index in [1.807, 2.05) is 6.92 Å². The Bertz CT molecular complexity index is 768. The third-order valence-corrected chi connectivity index (χ3v) is 5.88. The number of aromatic amines is 1. The predicted octanol–water partition coefficient (Wildman–Crippen LogP) is -0.245. The monoisotopic (exact) mass is 387 g/mol. The van der Waals surface area contributed by atoms with Crippen molar-refractivity contribution in [1.29, 1.82) is 0 Å². The average molecular weight is 387 g/mol. The lowest BCUT2D eigenvalue weighted by Gasteiger charge is -2.19. The SMILES string of the molecule is C=P(C)(C)CCC1O[C@@H](n2cc(CNCCC)c(=O)[nH]c2=O)[C@H](O)[C@@H]1O. The second-order valence-electron chi connectivity index (χ2n) is 7.49. The Balaban J connectivity index is 2.21. The minimum atomic E-state index is -1.29. The summed E-state index contributed by atoms with van der Waals surface area (Å²) >= 11 is 0. The molecule has 0 aliphatic carbocycles. The Morgan fingerprint density at radius 1 is 1.35 bits per heavy atom. The molecule has 1 fully saturated rings. The largest absolute Gasteiger partial charge is 0.388 e. The highest BCUT2D eigenvalue weighted by Gasteiger charge is 2.43. The molecule has 0 radical (unpaired) electrons. The zero-order chi connectivity index (χ0) is 19.5. The Kier molecular flexibility index (Phi) is 7.05. The van der Waals surface area contributed by atoms with Crippen LogP contribution in [0.3, 0.4) is 0 Å². The van der Waals surface area contributed by atoms with Gasteiger partial charge in [-0.1, -0.05) is 6.92 Å². The van der Waals surface area contributed by atoms with Crippen molar-refractivity contribution in [3.05, 3.63) is 32.6 Å². The van der Waals surface area contributed by atoms with E-state index in [0.717, 1.165) is 23.7 Å². The second-order valence-corrected chi connectivity index (χ2v) is 11.8. The van der Waals surface area contributed by atoms with Gasteiger partial charge in [-0.3, -0.25) is 14.3 Å². The van der Waals surface area contributed by atoms with Crippen LogP contribution in [0.15, 0.2) is 15.8 Å². The summed E-state index contributed by atoms with van der Waals surface area (Å²) in [6, 6.07) is 0. The van der Waals surface area contributed by atoms with E-state index in [9.17, 15) is 19.8 Å². The van der Waals surface area contributed by atoms with Gasteiger partial charge >= 0.3 is 5.69 Å². The summed E-state index contributed by atoms with van der Waals surface area (Å²) in [5.41, 5.74) is -0.768. The topological polar surface area (TPSA) is 117 Å². The molecule has 1 aliphatic rings. The van der Waals surface area contributed by atoms with E-state index >= 15 is 0 Å². The van der Waals surface area contributed by atoms with Crippen LogP contribution < -0.4 is 16.6 Å². The summed E-state index contributed by atoms with van der Waals surface area (Å²) in [7, 11) is 0. The maximum Gasteiger partial charge on any atom is 0.330 e. The van der Waals surface area contributed by atoms with E-state index < -0.39 is 42.7 Å². The van der Waals surface area contributed by atoms with E-state index in [2.05, 4.69) is 29.9 Å². The molecule has 1 aromatic rings. The van der Waals surface area contributed by atoms with Gasteiger partial charge in [-0.15, -0.1) is 13.2 Å². The number of aliphatic hydroxyl groups excluding tert-OH is 2. The molecular formula is C17H30N3O5P. The number of nitrogens with one attached hydrogen (secondary N) is 2. The van der Waals surface area contributed by atoms with Crippen molar-refractivity contribution in [1.82, 2.24) is 14.9 Å². The van der Waals surface area contributed by atoms with E-state index in [1.165, 1.54) is 6.20 Å². The van der Waals surface area contributed by atoms with Gasteiger partial charge in [-0.25, -0.2) is 4.79 Å². The maximum atomic E-state index is 12.2. The van der Waals surface area contributed by atoms with Crippen molar-refractivity contribution in [2.45, 2.75) is 50.8 Å². The predicted molar refractivity (Wildman–Crippen MR) is 105 cm³/mol. The highest BCUT2D eigenvalue weighted by atomic mass is 31.2. The molecule has 9 heteroatoms. The van der Waals surface area contributed by atoms with Crippen LogP contribution >= 0.6 is 6.89 Å². The highest BCUT2D eigenvalue weighted by Crippen LogP contribution is 2.39. The molecule has 0 spiro atoms. The van der Waals surface area contributed by atoms with Gasteiger partial charge in [-0.05, 0) is 38.9 Å². The molecule has 2 rings (SSSR count). The molecule has 0 saturated carbocycles. The zero-order valence-electron chi connectivity index (χ0n) is 15.6. The zero-order valence-corrected chi connectivity index (χ0v) is 16.5. The van der Waals surface area contributed by atoms with Gasteiger partial charge in [0.05, 0.1) is 6.10 Å². The molecule has 4 atom stereocenters. The van der Waals surface area contributed by atoms with Crippen molar-refractivity contribution in [3.8, 4) is 0 Å². The van der Waals surface area contributed by atoms with Crippen LogP contribution in [0.1, 0.15) is 31.6 Å².